The first-order valence-corrected chi connectivity index (χ1v) is 12.0. The molecule has 1 saturated heterocycles. The zero-order valence-electron chi connectivity index (χ0n) is 20.7. The third kappa shape index (κ3) is 4.57. The normalized spacial score (nSPS) is 15.3. The predicted molar refractivity (Wildman–Crippen MR) is 136 cm³/mol. The lowest BCUT2D eigenvalue weighted by Gasteiger charge is -2.29. The Hall–Kier alpha value is -3.01. The number of furan rings is 1. The number of hydrogen-bond donors (Lipinski definition) is 0. The Balaban J connectivity index is 1.80. The van der Waals surface area contributed by atoms with E-state index in [0.717, 1.165) is 70.5 Å². The van der Waals surface area contributed by atoms with Crippen molar-refractivity contribution in [3.63, 3.8) is 0 Å². The minimum Gasteiger partial charge on any atom is -0.493 e. The van der Waals surface area contributed by atoms with E-state index in [0.29, 0.717) is 12.5 Å². The van der Waals surface area contributed by atoms with Crippen LogP contribution in [0.15, 0.2) is 41.0 Å². The molecule has 2 aromatic carbocycles. The summed E-state index contributed by atoms with van der Waals surface area (Å²) in [4.78, 5) is 15.0. The van der Waals surface area contributed by atoms with Gasteiger partial charge in [-0.3, -0.25) is 4.79 Å². The van der Waals surface area contributed by atoms with E-state index in [1.807, 2.05) is 31.9 Å². The molecule has 4 nitrogen and oxygen atoms in total. The second-order valence-corrected chi connectivity index (χ2v) is 9.49. The molecule has 1 aliphatic heterocycles. The first-order valence-electron chi connectivity index (χ1n) is 12.0. The van der Waals surface area contributed by atoms with Gasteiger partial charge in [-0.15, -0.1) is 0 Å². The number of aryl methyl sites for hydroxylation is 3. The van der Waals surface area contributed by atoms with Gasteiger partial charge in [-0.25, -0.2) is 0 Å². The highest BCUT2D eigenvalue weighted by atomic mass is 16.5. The quantitative estimate of drug-likeness (QED) is 0.394. The number of ether oxygens (including phenoxy) is 1. The third-order valence-corrected chi connectivity index (χ3v) is 6.86. The lowest BCUT2D eigenvalue weighted by Crippen LogP contribution is -2.36. The SMILES string of the molecule is CCOc1c(/C(C)=C/C(=O)N2CCC(C)CC2)cc2c(-c3ccc(C)cc3C)coc2c1C. The molecule has 1 aliphatic rings. The third-order valence-electron chi connectivity index (χ3n) is 6.86. The summed E-state index contributed by atoms with van der Waals surface area (Å²) in [7, 11) is 0. The molecule has 2 heterocycles. The van der Waals surface area contributed by atoms with Crippen molar-refractivity contribution in [2.24, 2.45) is 5.92 Å². The number of carbonyl (C=O) groups excluding carboxylic acids is 1. The molecule has 0 radical (unpaired) electrons. The standard InChI is InChI=1S/C29H35NO3/c1-7-32-28-22(6)29-25(26(17-33-29)23-9-8-19(3)14-20(23)4)16-24(28)21(5)15-27(31)30-12-10-18(2)11-13-30/h8-9,14-18H,7,10-13H2,1-6H3/b21-15+. The van der Waals surface area contributed by atoms with E-state index in [4.69, 9.17) is 9.15 Å². The Morgan fingerprint density at radius 3 is 2.55 bits per heavy atom. The summed E-state index contributed by atoms with van der Waals surface area (Å²) in [6.45, 7) is 14.7. The highest BCUT2D eigenvalue weighted by Gasteiger charge is 2.22. The van der Waals surface area contributed by atoms with Gasteiger partial charge in [0.05, 0.1) is 12.9 Å². The number of hydrogen-bond acceptors (Lipinski definition) is 3. The van der Waals surface area contributed by atoms with Crippen molar-refractivity contribution in [1.82, 2.24) is 4.90 Å². The smallest absolute Gasteiger partial charge is 0.246 e. The van der Waals surface area contributed by atoms with Crippen molar-refractivity contribution in [1.29, 1.82) is 0 Å². The zero-order valence-corrected chi connectivity index (χ0v) is 20.7. The largest absolute Gasteiger partial charge is 0.493 e. The van der Waals surface area contributed by atoms with Crippen molar-refractivity contribution in [3.8, 4) is 16.9 Å². The molecule has 1 aromatic heterocycles. The molecule has 1 amide bonds. The van der Waals surface area contributed by atoms with Crippen molar-refractivity contribution in [2.75, 3.05) is 19.7 Å². The molecule has 3 aromatic rings. The molecular weight excluding hydrogens is 410 g/mol. The lowest BCUT2D eigenvalue weighted by molar-refractivity contribution is -0.127. The van der Waals surface area contributed by atoms with Gasteiger partial charge in [-0.2, -0.15) is 0 Å². The Labute approximate surface area is 197 Å². The van der Waals surface area contributed by atoms with E-state index in [1.54, 1.807) is 6.08 Å². The number of fused-ring (bicyclic) bond motifs is 1. The molecule has 0 saturated carbocycles. The zero-order chi connectivity index (χ0) is 23.7. The molecule has 0 N–H and O–H groups in total. The second kappa shape index (κ2) is 9.46. The highest BCUT2D eigenvalue weighted by Crippen LogP contribution is 2.41. The van der Waals surface area contributed by atoms with Crippen molar-refractivity contribution in [2.45, 2.75) is 54.4 Å². The van der Waals surface area contributed by atoms with E-state index >= 15 is 0 Å². The van der Waals surface area contributed by atoms with E-state index in [2.05, 4.69) is 45.0 Å². The van der Waals surface area contributed by atoms with Crippen molar-refractivity contribution >= 4 is 22.4 Å². The lowest BCUT2D eigenvalue weighted by atomic mass is 9.94. The minimum absolute atomic E-state index is 0.0846. The molecule has 174 valence electrons. The Morgan fingerprint density at radius 1 is 1.15 bits per heavy atom. The van der Waals surface area contributed by atoms with Crippen LogP contribution in [0.4, 0.5) is 0 Å². The van der Waals surface area contributed by atoms with Gasteiger partial charge in [-0.1, -0.05) is 30.7 Å². The molecule has 33 heavy (non-hydrogen) atoms. The van der Waals surface area contributed by atoms with Crippen LogP contribution >= 0.6 is 0 Å². The van der Waals surface area contributed by atoms with E-state index in [1.165, 1.54) is 11.1 Å². The molecule has 1 fully saturated rings. The Bertz CT molecular complexity index is 1210. The highest BCUT2D eigenvalue weighted by molar-refractivity contribution is 6.02. The molecule has 4 rings (SSSR count). The fourth-order valence-corrected chi connectivity index (χ4v) is 4.85. The maximum Gasteiger partial charge on any atom is 0.246 e. The number of nitrogens with zero attached hydrogens (tertiary/aromatic N) is 1. The van der Waals surface area contributed by atoms with Crippen molar-refractivity contribution < 1.29 is 13.9 Å². The number of likely N-dealkylation sites (tertiary alicyclic amines) is 1. The van der Waals surface area contributed by atoms with Gasteiger partial charge in [-0.05, 0) is 76.1 Å². The maximum atomic E-state index is 13.0. The van der Waals surface area contributed by atoms with Crippen LogP contribution in [-0.2, 0) is 4.79 Å². The van der Waals surface area contributed by atoms with Gasteiger partial charge in [0.1, 0.15) is 11.3 Å². The van der Waals surface area contributed by atoms with E-state index < -0.39 is 0 Å². The number of benzene rings is 2. The summed E-state index contributed by atoms with van der Waals surface area (Å²) >= 11 is 0. The summed E-state index contributed by atoms with van der Waals surface area (Å²) < 4.78 is 12.1. The molecule has 0 aliphatic carbocycles. The predicted octanol–water partition coefficient (Wildman–Crippen LogP) is 7.09. The molecule has 0 atom stereocenters. The van der Waals surface area contributed by atoms with Crippen LogP contribution in [0, 0.1) is 26.7 Å². The van der Waals surface area contributed by atoms with Crippen LogP contribution in [-0.4, -0.2) is 30.5 Å². The molecule has 0 unspecified atom stereocenters. The van der Waals surface area contributed by atoms with Gasteiger partial charge in [0.25, 0.3) is 0 Å². The number of carbonyl (C=O) groups is 1. The van der Waals surface area contributed by atoms with Crippen LogP contribution in [0.5, 0.6) is 5.75 Å². The summed E-state index contributed by atoms with van der Waals surface area (Å²) in [5.41, 5.74) is 8.35. The van der Waals surface area contributed by atoms with Crippen LogP contribution in [0.3, 0.4) is 0 Å². The maximum absolute atomic E-state index is 13.0. The summed E-state index contributed by atoms with van der Waals surface area (Å²) in [6.07, 6.45) is 5.76. The Morgan fingerprint density at radius 2 is 1.88 bits per heavy atom. The van der Waals surface area contributed by atoms with Gasteiger partial charge in [0.15, 0.2) is 0 Å². The van der Waals surface area contributed by atoms with Crippen molar-refractivity contribution in [3.05, 3.63) is 58.9 Å². The number of piperidine rings is 1. The summed E-state index contributed by atoms with van der Waals surface area (Å²) in [6, 6.07) is 8.61. The van der Waals surface area contributed by atoms with Gasteiger partial charge in [0.2, 0.25) is 5.91 Å². The first-order chi connectivity index (χ1) is 15.8. The van der Waals surface area contributed by atoms with Gasteiger partial charge >= 0.3 is 0 Å². The van der Waals surface area contributed by atoms with E-state index in [9.17, 15) is 4.79 Å². The molecule has 0 bridgehead atoms. The minimum atomic E-state index is 0.0846. The first kappa shape index (κ1) is 23.2. The number of allylic oxidation sites excluding steroid dienone is 1. The molecule has 4 heteroatoms. The van der Waals surface area contributed by atoms with Crippen LogP contribution < -0.4 is 4.74 Å². The number of rotatable bonds is 5. The topological polar surface area (TPSA) is 42.7 Å². The fraction of sp³-hybridized carbons (Fsp3) is 0.414. The Kier molecular flexibility index (Phi) is 6.64. The average molecular weight is 446 g/mol. The second-order valence-electron chi connectivity index (χ2n) is 9.49. The average Bonchev–Trinajstić information content (AvgIpc) is 3.20. The summed E-state index contributed by atoms with van der Waals surface area (Å²) in [5, 5.41) is 1.05. The number of amides is 1. The fourth-order valence-electron chi connectivity index (χ4n) is 4.85. The molecule has 0 spiro atoms. The van der Waals surface area contributed by atoms with Crippen LogP contribution in [0.2, 0.25) is 0 Å². The van der Waals surface area contributed by atoms with Crippen LogP contribution in [0.1, 0.15) is 55.9 Å². The van der Waals surface area contributed by atoms with Gasteiger partial charge < -0.3 is 14.1 Å². The summed E-state index contributed by atoms with van der Waals surface area (Å²) in [5.74, 6) is 1.57. The monoisotopic (exact) mass is 445 g/mol. The van der Waals surface area contributed by atoms with Crippen LogP contribution in [0.25, 0.3) is 27.7 Å². The van der Waals surface area contributed by atoms with E-state index in [-0.39, 0.29) is 5.91 Å². The molecular formula is C29H35NO3. The van der Waals surface area contributed by atoms with Gasteiger partial charge in [0, 0.05) is 41.2 Å².